The maximum atomic E-state index is 12.6. The number of anilines is 1. The third-order valence-corrected chi connectivity index (χ3v) is 6.54. The van der Waals surface area contributed by atoms with Crippen LogP contribution in [0, 0.1) is 17.2 Å². The summed E-state index contributed by atoms with van der Waals surface area (Å²) in [6.07, 6.45) is 3.02. The van der Waals surface area contributed by atoms with Crippen LogP contribution < -0.4 is 19.7 Å². The maximum absolute atomic E-state index is 12.6. The van der Waals surface area contributed by atoms with Crippen molar-refractivity contribution < 1.29 is 19.2 Å². The number of hydrogen-bond donors (Lipinski definition) is 2. The molecule has 0 saturated heterocycles. The molecule has 3 rings (SSSR count). The summed E-state index contributed by atoms with van der Waals surface area (Å²) >= 11 is 1.57. The van der Waals surface area contributed by atoms with E-state index < -0.39 is 0 Å². The van der Waals surface area contributed by atoms with E-state index in [1.165, 1.54) is 4.88 Å². The number of nitrogens with one attached hydrogen (secondary N) is 2. The predicted molar refractivity (Wildman–Crippen MR) is 118 cm³/mol. The van der Waals surface area contributed by atoms with Gasteiger partial charge in [-0.3, -0.25) is 4.79 Å². The molecule has 1 heterocycles. The first-order valence-corrected chi connectivity index (χ1v) is 11.2. The number of carbonyl (C=O) groups excluding carboxylic acids is 1. The summed E-state index contributed by atoms with van der Waals surface area (Å²) in [6.45, 7) is 5.75. The second-order valence-electron chi connectivity index (χ2n) is 7.94. The van der Waals surface area contributed by atoms with E-state index in [1.807, 2.05) is 32.2 Å². The highest BCUT2D eigenvalue weighted by molar-refractivity contribution is 7.16. The topological polar surface area (TPSA) is 75.8 Å². The number of nitriles is 1. The molecule has 7 heteroatoms. The lowest BCUT2D eigenvalue weighted by Gasteiger charge is -2.17. The van der Waals surface area contributed by atoms with E-state index in [0.717, 1.165) is 41.0 Å². The zero-order valence-corrected chi connectivity index (χ0v) is 18.9. The van der Waals surface area contributed by atoms with Crippen molar-refractivity contribution in [2.75, 3.05) is 32.6 Å². The van der Waals surface area contributed by atoms with E-state index in [4.69, 9.17) is 9.47 Å². The number of fused-ring (bicyclic) bond motifs is 1. The molecule has 0 spiro atoms. The van der Waals surface area contributed by atoms with Crippen molar-refractivity contribution in [3.8, 4) is 17.6 Å². The number of methoxy groups -OCH3 is 1. The number of likely N-dealkylation sites (N-methyl/N-ethyl adjacent to an activating group) is 1. The van der Waals surface area contributed by atoms with Crippen LogP contribution in [-0.4, -0.2) is 33.2 Å². The van der Waals surface area contributed by atoms with E-state index in [1.54, 1.807) is 18.4 Å². The van der Waals surface area contributed by atoms with Crippen molar-refractivity contribution in [3.05, 3.63) is 39.8 Å². The van der Waals surface area contributed by atoms with Crippen molar-refractivity contribution >= 4 is 22.2 Å². The molecule has 2 atom stereocenters. The zero-order chi connectivity index (χ0) is 21.7. The average molecular weight is 429 g/mol. The largest absolute Gasteiger partial charge is 0.493 e. The van der Waals surface area contributed by atoms with Crippen molar-refractivity contribution in [1.82, 2.24) is 0 Å². The van der Waals surface area contributed by atoms with Gasteiger partial charge in [-0.25, -0.2) is 0 Å². The second kappa shape index (κ2) is 9.96. The molecule has 0 aliphatic heterocycles. The molecular formula is C23H30N3O3S+. The van der Waals surface area contributed by atoms with E-state index in [2.05, 4.69) is 18.3 Å². The van der Waals surface area contributed by atoms with Gasteiger partial charge < -0.3 is 19.7 Å². The molecule has 1 aromatic carbocycles. The monoisotopic (exact) mass is 428 g/mol. The Morgan fingerprint density at radius 1 is 1.40 bits per heavy atom. The average Bonchev–Trinajstić information content (AvgIpc) is 3.04. The lowest BCUT2D eigenvalue weighted by atomic mass is 9.89. The Morgan fingerprint density at radius 3 is 2.90 bits per heavy atom. The van der Waals surface area contributed by atoms with Gasteiger partial charge in [0.2, 0.25) is 0 Å². The van der Waals surface area contributed by atoms with Gasteiger partial charge in [0.05, 0.1) is 26.3 Å². The van der Waals surface area contributed by atoms with Gasteiger partial charge in [-0.15, -0.1) is 11.3 Å². The van der Waals surface area contributed by atoms with E-state index in [-0.39, 0.29) is 5.91 Å². The minimum absolute atomic E-state index is 0.0754. The number of hydrogen-bond acceptors (Lipinski definition) is 5. The van der Waals surface area contributed by atoms with Crippen LogP contribution in [0.1, 0.15) is 41.8 Å². The molecule has 1 aliphatic carbocycles. The molecule has 1 amide bonds. The third-order valence-electron chi connectivity index (χ3n) is 5.37. The van der Waals surface area contributed by atoms with Crippen molar-refractivity contribution in [2.24, 2.45) is 5.92 Å². The fraction of sp³-hybridized carbons (Fsp3) is 0.478. The van der Waals surface area contributed by atoms with Gasteiger partial charge in [-0.1, -0.05) is 6.92 Å². The summed E-state index contributed by atoms with van der Waals surface area (Å²) in [4.78, 5) is 14.9. The molecule has 2 aromatic rings. The fourth-order valence-corrected chi connectivity index (χ4v) is 5.29. The lowest BCUT2D eigenvalue weighted by Crippen LogP contribution is -3.08. The van der Waals surface area contributed by atoms with Crippen LogP contribution >= 0.6 is 11.3 Å². The first-order valence-electron chi connectivity index (χ1n) is 10.4. The SMILES string of the molecule is CCOc1ccc(C[NH+](C)CC(=O)Nc2sc3c(c2C#N)CC[C@@H](C)C3)cc1OC. The molecule has 1 aliphatic rings. The molecule has 160 valence electrons. The number of quaternary nitrogens is 1. The lowest BCUT2D eigenvalue weighted by molar-refractivity contribution is -0.885. The van der Waals surface area contributed by atoms with Crippen LogP contribution in [0.3, 0.4) is 0 Å². The highest BCUT2D eigenvalue weighted by Gasteiger charge is 2.25. The van der Waals surface area contributed by atoms with E-state index >= 15 is 0 Å². The van der Waals surface area contributed by atoms with Crippen LogP contribution in [0.2, 0.25) is 0 Å². The van der Waals surface area contributed by atoms with Gasteiger partial charge in [0.25, 0.3) is 5.91 Å². The number of carbonyl (C=O) groups is 1. The van der Waals surface area contributed by atoms with Crippen molar-refractivity contribution in [3.63, 3.8) is 0 Å². The van der Waals surface area contributed by atoms with Crippen LogP contribution in [0.15, 0.2) is 18.2 Å². The van der Waals surface area contributed by atoms with Gasteiger partial charge in [0.15, 0.2) is 18.0 Å². The molecule has 0 saturated carbocycles. The van der Waals surface area contributed by atoms with Gasteiger partial charge in [-0.05, 0) is 55.9 Å². The van der Waals surface area contributed by atoms with Gasteiger partial charge in [0, 0.05) is 10.4 Å². The van der Waals surface area contributed by atoms with Crippen molar-refractivity contribution in [2.45, 2.75) is 39.7 Å². The second-order valence-corrected chi connectivity index (χ2v) is 9.05. The quantitative estimate of drug-likeness (QED) is 0.678. The summed E-state index contributed by atoms with van der Waals surface area (Å²) in [5.74, 6) is 1.98. The molecule has 30 heavy (non-hydrogen) atoms. The Labute approximate surface area is 182 Å². The Bertz CT molecular complexity index is 948. The minimum atomic E-state index is -0.0754. The van der Waals surface area contributed by atoms with Crippen LogP contribution in [-0.2, 0) is 24.2 Å². The summed E-state index contributed by atoms with van der Waals surface area (Å²) in [7, 11) is 3.61. The smallest absolute Gasteiger partial charge is 0.280 e. The first kappa shape index (κ1) is 22.1. The molecule has 1 aromatic heterocycles. The number of nitrogens with zero attached hydrogens (tertiary/aromatic N) is 1. The number of amides is 1. The molecule has 6 nitrogen and oxygen atoms in total. The molecule has 2 N–H and O–H groups in total. The Kier molecular flexibility index (Phi) is 7.35. The highest BCUT2D eigenvalue weighted by Crippen LogP contribution is 2.39. The Morgan fingerprint density at radius 2 is 2.20 bits per heavy atom. The van der Waals surface area contributed by atoms with Crippen LogP contribution in [0.25, 0.3) is 0 Å². The van der Waals surface area contributed by atoms with E-state index in [0.29, 0.717) is 41.9 Å². The third kappa shape index (κ3) is 5.13. The Hall–Kier alpha value is -2.56. The molecule has 0 bridgehead atoms. The number of benzene rings is 1. The van der Waals surface area contributed by atoms with E-state index in [9.17, 15) is 10.1 Å². The van der Waals surface area contributed by atoms with Crippen LogP contribution in [0.5, 0.6) is 11.5 Å². The molecular weight excluding hydrogens is 398 g/mol. The standard InChI is InChI=1S/C23H29N3O3S/c1-5-29-19-9-7-16(11-20(19)28-4)13-26(3)14-22(27)25-23-18(12-24)17-8-6-15(2)10-21(17)30-23/h7,9,11,15H,5-6,8,10,13-14H2,1-4H3,(H,25,27)/p+1/t15-/m1/s1. The predicted octanol–water partition coefficient (Wildman–Crippen LogP) is 2.81. The summed E-state index contributed by atoms with van der Waals surface area (Å²) in [5, 5.41) is 13.3. The zero-order valence-electron chi connectivity index (χ0n) is 18.1. The van der Waals surface area contributed by atoms with Crippen LogP contribution in [0.4, 0.5) is 5.00 Å². The molecule has 0 radical (unpaired) electrons. The first-order chi connectivity index (χ1) is 14.4. The van der Waals surface area contributed by atoms with Crippen molar-refractivity contribution in [1.29, 1.82) is 5.26 Å². The molecule has 0 fully saturated rings. The maximum Gasteiger partial charge on any atom is 0.280 e. The Balaban J connectivity index is 1.62. The number of thiophene rings is 1. The van der Waals surface area contributed by atoms with Gasteiger partial charge >= 0.3 is 0 Å². The summed E-state index contributed by atoms with van der Waals surface area (Å²) in [5.41, 5.74) is 2.86. The summed E-state index contributed by atoms with van der Waals surface area (Å²) in [6, 6.07) is 8.16. The number of ether oxygens (including phenoxy) is 2. The van der Waals surface area contributed by atoms with Gasteiger partial charge in [-0.2, -0.15) is 5.26 Å². The molecule has 1 unspecified atom stereocenters. The van der Waals surface area contributed by atoms with Gasteiger partial charge in [0.1, 0.15) is 17.6 Å². The fourth-order valence-electron chi connectivity index (χ4n) is 3.91. The summed E-state index contributed by atoms with van der Waals surface area (Å²) < 4.78 is 11.0. The normalized spacial score (nSPS) is 16.3. The number of rotatable bonds is 8. The minimum Gasteiger partial charge on any atom is -0.493 e. The highest BCUT2D eigenvalue weighted by atomic mass is 32.1.